The molecule has 1 aromatic carbocycles. The summed E-state index contributed by atoms with van der Waals surface area (Å²) >= 11 is 0. The van der Waals surface area contributed by atoms with Gasteiger partial charge in [-0.15, -0.1) is 0 Å². The molecule has 0 spiro atoms. The molecule has 0 aromatic heterocycles. The number of benzene rings is 1. The molecule has 6 nitrogen and oxygen atoms in total. The van der Waals surface area contributed by atoms with Crippen molar-refractivity contribution in [2.45, 2.75) is 76.8 Å². The molecule has 0 aliphatic carbocycles. The molecule has 1 aliphatic rings. The second-order valence-corrected chi connectivity index (χ2v) is 13.8. The van der Waals surface area contributed by atoms with Crippen LogP contribution in [0.1, 0.15) is 39.2 Å². The first-order valence-corrected chi connectivity index (χ1v) is 13.4. The van der Waals surface area contributed by atoms with E-state index >= 15 is 0 Å². The van der Waals surface area contributed by atoms with Gasteiger partial charge in [0, 0.05) is 6.61 Å². The highest BCUT2D eigenvalue weighted by Gasteiger charge is 2.37. The van der Waals surface area contributed by atoms with Gasteiger partial charge in [-0.3, -0.25) is 0 Å². The molecule has 30 heavy (non-hydrogen) atoms. The van der Waals surface area contributed by atoms with Gasteiger partial charge in [0.15, 0.2) is 14.6 Å². The maximum Gasteiger partial charge on any atom is 0.508 e. The van der Waals surface area contributed by atoms with Crippen LogP contribution in [0.4, 0.5) is 4.79 Å². The minimum Gasteiger partial charge on any atom is -0.438 e. The Morgan fingerprint density at radius 2 is 1.83 bits per heavy atom. The van der Waals surface area contributed by atoms with Gasteiger partial charge in [-0.25, -0.2) is 4.79 Å². The lowest BCUT2D eigenvalue weighted by atomic mass is 10.1. The zero-order valence-electron chi connectivity index (χ0n) is 19.1. The second-order valence-electron chi connectivity index (χ2n) is 9.01. The highest BCUT2D eigenvalue weighted by Crippen LogP contribution is 2.36. The van der Waals surface area contributed by atoms with E-state index in [2.05, 4.69) is 38.6 Å². The second kappa shape index (κ2) is 11.1. The summed E-state index contributed by atoms with van der Waals surface area (Å²) in [5.41, 5.74) is 1.07. The molecule has 0 fully saturated rings. The summed E-state index contributed by atoms with van der Waals surface area (Å²) in [6, 6.07) is 9.93. The lowest BCUT2D eigenvalue weighted by Crippen LogP contribution is -2.42. The fourth-order valence-electron chi connectivity index (χ4n) is 2.80. The Labute approximate surface area is 181 Å². The van der Waals surface area contributed by atoms with Crippen LogP contribution in [0.5, 0.6) is 0 Å². The van der Waals surface area contributed by atoms with Crippen molar-refractivity contribution in [1.29, 1.82) is 0 Å². The van der Waals surface area contributed by atoms with Crippen molar-refractivity contribution in [3.8, 4) is 0 Å². The molecule has 0 amide bonds. The van der Waals surface area contributed by atoms with Crippen molar-refractivity contribution in [2.24, 2.45) is 0 Å². The predicted octanol–water partition coefficient (Wildman–Crippen LogP) is 5.44. The maximum absolute atomic E-state index is 11.6. The standard InChI is InChI=1S/C23H36O6Si/c1-23(2,3)30(5,6)27-16-10-13-19-20(29-22(24)25-4)14-15-21(28-19)26-17-18-11-8-7-9-12-18/h7-9,11-12,14-15,19-21H,10,13,16-17H2,1-6H3/t19-,20+,21+/m1/s1. The summed E-state index contributed by atoms with van der Waals surface area (Å²) in [5, 5.41) is 0.171. The van der Waals surface area contributed by atoms with E-state index in [1.165, 1.54) is 7.11 Å². The monoisotopic (exact) mass is 436 g/mol. The van der Waals surface area contributed by atoms with Crippen molar-refractivity contribution >= 4 is 14.5 Å². The number of hydrogen-bond acceptors (Lipinski definition) is 6. The summed E-state index contributed by atoms with van der Waals surface area (Å²) in [5.74, 6) is 0. The van der Waals surface area contributed by atoms with E-state index in [4.69, 9.17) is 18.6 Å². The van der Waals surface area contributed by atoms with Crippen LogP contribution in [0.15, 0.2) is 42.5 Å². The van der Waals surface area contributed by atoms with Gasteiger partial charge in [0.25, 0.3) is 0 Å². The Balaban J connectivity index is 1.91. The third kappa shape index (κ3) is 7.54. The van der Waals surface area contributed by atoms with Gasteiger partial charge in [-0.1, -0.05) is 51.1 Å². The van der Waals surface area contributed by atoms with E-state index in [-0.39, 0.29) is 11.1 Å². The van der Waals surface area contributed by atoms with Crippen LogP contribution in [0.25, 0.3) is 0 Å². The van der Waals surface area contributed by atoms with Crippen LogP contribution in [-0.2, 0) is 30.0 Å². The molecule has 3 atom stereocenters. The minimum absolute atomic E-state index is 0.171. The summed E-state index contributed by atoms with van der Waals surface area (Å²) in [6.07, 6.45) is 3.03. The van der Waals surface area contributed by atoms with Crippen molar-refractivity contribution in [2.75, 3.05) is 13.7 Å². The molecule has 0 N–H and O–H groups in total. The SMILES string of the molecule is COC(=O)O[C@H]1C=C[C@@H](OCc2ccccc2)O[C@@H]1CCCO[Si](C)(C)C(C)(C)C. The van der Waals surface area contributed by atoms with Crippen LogP contribution in [0.3, 0.4) is 0 Å². The molecule has 0 saturated carbocycles. The number of ether oxygens (including phenoxy) is 4. The normalized spacial score (nSPS) is 22.0. The van der Waals surface area contributed by atoms with Gasteiger partial charge >= 0.3 is 6.16 Å². The fraction of sp³-hybridized carbons (Fsp3) is 0.609. The summed E-state index contributed by atoms with van der Waals surface area (Å²) in [4.78, 5) is 11.6. The molecule has 1 heterocycles. The molecule has 168 valence electrons. The minimum atomic E-state index is -1.79. The largest absolute Gasteiger partial charge is 0.508 e. The van der Waals surface area contributed by atoms with E-state index in [1.54, 1.807) is 6.08 Å². The van der Waals surface area contributed by atoms with Gasteiger partial charge < -0.3 is 23.4 Å². The average molecular weight is 437 g/mol. The lowest BCUT2D eigenvalue weighted by molar-refractivity contribution is -0.180. The number of rotatable bonds is 9. The van der Waals surface area contributed by atoms with Crippen molar-refractivity contribution in [3.63, 3.8) is 0 Å². The Morgan fingerprint density at radius 1 is 1.13 bits per heavy atom. The Kier molecular flexibility index (Phi) is 9.09. The Hall–Kier alpha value is -1.67. The summed E-state index contributed by atoms with van der Waals surface area (Å²) in [7, 11) is -0.494. The van der Waals surface area contributed by atoms with Crippen LogP contribution >= 0.6 is 0 Å². The average Bonchev–Trinajstić information content (AvgIpc) is 2.70. The highest BCUT2D eigenvalue weighted by atomic mass is 28.4. The zero-order chi connectivity index (χ0) is 22.2. The van der Waals surface area contributed by atoms with Crippen LogP contribution in [0, 0.1) is 0 Å². The van der Waals surface area contributed by atoms with E-state index in [9.17, 15) is 4.79 Å². The van der Waals surface area contributed by atoms with Gasteiger partial charge in [-0.05, 0) is 48.7 Å². The third-order valence-corrected chi connectivity index (χ3v) is 10.2. The van der Waals surface area contributed by atoms with E-state index in [0.29, 0.717) is 19.6 Å². The molecule has 1 aliphatic heterocycles. The first kappa shape index (κ1) is 24.6. The van der Waals surface area contributed by atoms with Crippen LogP contribution in [0.2, 0.25) is 18.1 Å². The van der Waals surface area contributed by atoms with Gasteiger partial charge in [0.2, 0.25) is 0 Å². The first-order chi connectivity index (χ1) is 14.1. The van der Waals surface area contributed by atoms with E-state index in [0.717, 1.165) is 12.0 Å². The van der Waals surface area contributed by atoms with Gasteiger partial charge in [-0.2, -0.15) is 0 Å². The molecule has 0 bridgehead atoms. The smallest absolute Gasteiger partial charge is 0.438 e. The molecule has 2 rings (SSSR count). The van der Waals surface area contributed by atoms with Gasteiger partial charge in [0.05, 0.1) is 13.7 Å². The summed E-state index contributed by atoms with van der Waals surface area (Å²) < 4.78 is 28.2. The number of hydrogen-bond donors (Lipinski definition) is 0. The molecule has 7 heteroatoms. The van der Waals surface area contributed by atoms with Crippen molar-refractivity contribution < 1.29 is 28.2 Å². The first-order valence-electron chi connectivity index (χ1n) is 10.5. The van der Waals surface area contributed by atoms with Gasteiger partial charge in [0.1, 0.15) is 12.2 Å². The quantitative estimate of drug-likeness (QED) is 0.222. The molecule has 1 aromatic rings. The predicted molar refractivity (Wildman–Crippen MR) is 119 cm³/mol. The van der Waals surface area contributed by atoms with Crippen LogP contribution < -0.4 is 0 Å². The summed E-state index contributed by atoms with van der Waals surface area (Å²) in [6.45, 7) is 12.3. The topological polar surface area (TPSA) is 63.2 Å². The molecular weight excluding hydrogens is 400 g/mol. The molecule has 0 saturated heterocycles. The zero-order valence-corrected chi connectivity index (χ0v) is 20.1. The maximum atomic E-state index is 11.6. The molecular formula is C23H36O6Si. The Bertz CT molecular complexity index is 683. The fourth-order valence-corrected chi connectivity index (χ4v) is 3.89. The molecule has 0 radical (unpaired) electrons. The number of methoxy groups -OCH3 is 1. The van der Waals surface area contributed by atoms with Crippen molar-refractivity contribution in [3.05, 3.63) is 48.0 Å². The molecule has 0 unspecified atom stereocenters. The van der Waals surface area contributed by atoms with Crippen molar-refractivity contribution in [1.82, 2.24) is 0 Å². The lowest BCUT2D eigenvalue weighted by Gasteiger charge is -2.36. The van der Waals surface area contributed by atoms with Crippen LogP contribution in [-0.4, -0.2) is 46.7 Å². The number of carbonyl (C=O) groups excluding carboxylic acids is 1. The number of carbonyl (C=O) groups is 1. The highest BCUT2D eigenvalue weighted by molar-refractivity contribution is 6.74. The van der Waals surface area contributed by atoms with E-state index in [1.807, 2.05) is 36.4 Å². The third-order valence-electron chi connectivity index (χ3n) is 5.69. The van der Waals surface area contributed by atoms with E-state index < -0.39 is 26.9 Å². The Morgan fingerprint density at radius 3 is 2.47 bits per heavy atom.